The zero-order valence-electron chi connectivity index (χ0n) is 19.8. The first-order valence-electron chi connectivity index (χ1n) is 11.2. The average Bonchev–Trinajstić information content (AvgIpc) is 2.78. The predicted molar refractivity (Wildman–Crippen MR) is 125 cm³/mol. The van der Waals surface area contributed by atoms with Crippen LogP contribution in [0.15, 0.2) is 42.5 Å². The summed E-state index contributed by atoms with van der Waals surface area (Å²) in [4.78, 5) is 29.1. The van der Waals surface area contributed by atoms with Gasteiger partial charge in [0, 0.05) is 31.7 Å². The maximum atomic E-state index is 12.8. The Kier molecular flexibility index (Phi) is 7.44. The van der Waals surface area contributed by atoms with Crippen LogP contribution >= 0.6 is 0 Å². The van der Waals surface area contributed by atoms with Crippen molar-refractivity contribution in [1.29, 1.82) is 0 Å². The van der Waals surface area contributed by atoms with Gasteiger partial charge in [-0.1, -0.05) is 38.5 Å². The Labute approximate surface area is 191 Å². The van der Waals surface area contributed by atoms with Gasteiger partial charge in [-0.25, -0.2) is 0 Å². The van der Waals surface area contributed by atoms with E-state index in [1.165, 1.54) is 5.56 Å². The third kappa shape index (κ3) is 5.81. The van der Waals surface area contributed by atoms with Gasteiger partial charge in [0.25, 0.3) is 11.8 Å². The standard InChI is InChI=1S/C26H34N2O4/c1-6-31-21-10-8-20(9-11-21)25(30)28-15-13-27(14-16-28)24(29)18-32-23-12-7-19(2)17-22(23)26(3,4)5/h7-12,17H,6,13-16,18H2,1-5H3. The third-order valence-electron chi connectivity index (χ3n) is 5.63. The van der Waals surface area contributed by atoms with Crippen LogP contribution in [0.3, 0.4) is 0 Å². The lowest BCUT2D eigenvalue weighted by atomic mass is 9.85. The number of rotatable bonds is 6. The molecule has 2 aromatic carbocycles. The van der Waals surface area contributed by atoms with E-state index in [0.29, 0.717) is 38.3 Å². The minimum Gasteiger partial charge on any atom is -0.494 e. The topological polar surface area (TPSA) is 59.1 Å². The number of carbonyl (C=O) groups is 2. The number of hydrogen-bond acceptors (Lipinski definition) is 4. The van der Waals surface area contributed by atoms with Gasteiger partial charge in [-0.2, -0.15) is 0 Å². The number of hydrogen-bond donors (Lipinski definition) is 0. The molecule has 2 amide bonds. The number of carbonyl (C=O) groups excluding carboxylic acids is 2. The van der Waals surface area contributed by atoms with Crippen molar-refractivity contribution in [2.45, 2.75) is 40.0 Å². The van der Waals surface area contributed by atoms with Gasteiger partial charge in [-0.3, -0.25) is 9.59 Å². The van der Waals surface area contributed by atoms with Gasteiger partial charge in [0.15, 0.2) is 6.61 Å². The van der Waals surface area contributed by atoms with E-state index in [0.717, 1.165) is 17.1 Å². The summed E-state index contributed by atoms with van der Waals surface area (Å²) in [6, 6.07) is 13.2. The van der Waals surface area contributed by atoms with Gasteiger partial charge in [-0.15, -0.1) is 0 Å². The Hall–Kier alpha value is -3.02. The van der Waals surface area contributed by atoms with Crippen molar-refractivity contribution < 1.29 is 19.1 Å². The first-order valence-corrected chi connectivity index (χ1v) is 11.2. The lowest BCUT2D eigenvalue weighted by molar-refractivity contribution is -0.134. The fraction of sp³-hybridized carbons (Fsp3) is 0.462. The van der Waals surface area contributed by atoms with E-state index in [2.05, 4.69) is 33.8 Å². The smallest absolute Gasteiger partial charge is 0.260 e. The van der Waals surface area contributed by atoms with Crippen LogP contribution in [-0.4, -0.2) is 61.0 Å². The minimum atomic E-state index is -0.0722. The summed E-state index contributed by atoms with van der Waals surface area (Å²) < 4.78 is 11.4. The molecule has 0 spiro atoms. The molecular weight excluding hydrogens is 404 g/mol. The summed E-state index contributed by atoms with van der Waals surface area (Å²) >= 11 is 0. The summed E-state index contributed by atoms with van der Waals surface area (Å²) in [5.74, 6) is 1.42. The summed E-state index contributed by atoms with van der Waals surface area (Å²) in [5.41, 5.74) is 2.82. The van der Waals surface area contributed by atoms with E-state index < -0.39 is 0 Å². The van der Waals surface area contributed by atoms with Gasteiger partial charge in [0.1, 0.15) is 11.5 Å². The molecule has 1 heterocycles. The minimum absolute atomic E-state index is 0.00101. The second-order valence-corrected chi connectivity index (χ2v) is 9.17. The Balaban J connectivity index is 1.53. The van der Waals surface area contributed by atoms with Gasteiger partial charge >= 0.3 is 0 Å². The van der Waals surface area contributed by atoms with Crippen LogP contribution in [-0.2, 0) is 10.2 Å². The highest BCUT2D eigenvalue weighted by Gasteiger charge is 2.26. The molecule has 172 valence electrons. The largest absolute Gasteiger partial charge is 0.494 e. The molecule has 6 nitrogen and oxygen atoms in total. The molecule has 0 unspecified atom stereocenters. The molecule has 32 heavy (non-hydrogen) atoms. The summed E-state index contributed by atoms with van der Waals surface area (Å²) in [6.45, 7) is 13.0. The molecule has 1 aliphatic rings. The molecule has 0 N–H and O–H groups in total. The first-order chi connectivity index (χ1) is 15.2. The number of benzene rings is 2. The fourth-order valence-electron chi connectivity index (χ4n) is 3.79. The van der Waals surface area contributed by atoms with Gasteiger partial charge in [0.05, 0.1) is 6.61 Å². The normalized spacial score (nSPS) is 14.3. The molecule has 0 atom stereocenters. The molecule has 1 saturated heterocycles. The molecule has 0 saturated carbocycles. The second kappa shape index (κ2) is 10.1. The van der Waals surface area contributed by atoms with Gasteiger partial charge in [0.2, 0.25) is 0 Å². The quantitative estimate of drug-likeness (QED) is 0.683. The van der Waals surface area contributed by atoms with Crippen LogP contribution in [0.5, 0.6) is 11.5 Å². The molecule has 1 aliphatic heterocycles. The SMILES string of the molecule is CCOc1ccc(C(=O)N2CCN(C(=O)COc3ccc(C)cc3C(C)(C)C)CC2)cc1. The lowest BCUT2D eigenvalue weighted by Gasteiger charge is -2.35. The van der Waals surface area contributed by atoms with E-state index in [-0.39, 0.29) is 23.8 Å². The van der Waals surface area contributed by atoms with Crippen molar-refractivity contribution in [3.8, 4) is 11.5 Å². The monoisotopic (exact) mass is 438 g/mol. The van der Waals surface area contributed by atoms with E-state index >= 15 is 0 Å². The van der Waals surface area contributed by atoms with Crippen molar-refractivity contribution in [2.24, 2.45) is 0 Å². The molecule has 3 rings (SSSR count). The van der Waals surface area contributed by atoms with Crippen LogP contribution in [0.2, 0.25) is 0 Å². The summed E-state index contributed by atoms with van der Waals surface area (Å²) in [5, 5.41) is 0. The van der Waals surface area contributed by atoms with Crippen molar-refractivity contribution >= 4 is 11.8 Å². The lowest BCUT2D eigenvalue weighted by Crippen LogP contribution is -2.51. The number of piperazine rings is 1. The molecular formula is C26H34N2O4. The number of ether oxygens (including phenoxy) is 2. The highest BCUT2D eigenvalue weighted by atomic mass is 16.5. The molecule has 2 aromatic rings. The predicted octanol–water partition coefficient (Wildman–Crippen LogP) is 4.05. The highest BCUT2D eigenvalue weighted by Crippen LogP contribution is 2.32. The second-order valence-electron chi connectivity index (χ2n) is 9.17. The summed E-state index contributed by atoms with van der Waals surface area (Å²) in [7, 11) is 0. The Morgan fingerprint density at radius 2 is 1.53 bits per heavy atom. The van der Waals surface area contributed by atoms with E-state index in [9.17, 15) is 9.59 Å². The van der Waals surface area contributed by atoms with Crippen LogP contribution in [0, 0.1) is 6.92 Å². The first kappa shape index (κ1) is 23.6. The van der Waals surface area contributed by atoms with Crippen molar-refractivity contribution in [3.63, 3.8) is 0 Å². The van der Waals surface area contributed by atoms with Crippen molar-refractivity contribution in [3.05, 3.63) is 59.2 Å². The molecule has 0 aromatic heterocycles. The maximum Gasteiger partial charge on any atom is 0.260 e. The van der Waals surface area contributed by atoms with Crippen LogP contribution in [0.4, 0.5) is 0 Å². The number of aryl methyl sites for hydroxylation is 1. The third-order valence-corrected chi connectivity index (χ3v) is 5.63. The maximum absolute atomic E-state index is 12.8. The van der Waals surface area contributed by atoms with Crippen LogP contribution < -0.4 is 9.47 Å². The van der Waals surface area contributed by atoms with Gasteiger partial charge < -0.3 is 19.3 Å². The van der Waals surface area contributed by atoms with Crippen LogP contribution in [0.1, 0.15) is 49.2 Å². The summed E-state index contributed by atoms with van der Waals surface area (Å²) in [6.07, 6.45) is 0. The number of nitrogens with zero attached hydrogens (tertiary/aromatic N) is 2. The van der Waals surface area contributed by atoms with E-state index in [1.807, 2.05) is 31.2 Å². The number of amides is 2. The molecule has 0 radical (unpaired) electrons. The Morgan fingerprint density at radius 1 is 0.906 bits per heavy atom. The zero-order valence-corrected chi connectivity index (χ0v) is 19.8. The molecule has 0 aliphatic carbocycles. The van der Waals surface area contributed by atoms with E-state index in [4.69, 9.17) is 9.47 Å². The Morgan fingerprint density at radius 3 is 2.12 bits per heavy atom. The van der Waals surface area contributed by atoms with Gasteiger partial charge in [-0.05, 0) is 55.2 Å². The molecule has 0 bridgehead atoms. The fourth-order valence-corrected chi connectivity index (χ4v) is 3.79. The molecule has 1 fully saturated rings. The van der Waals surface area contributed by atoms with Crippen LogP contribution in [0.25, 0.3) is 0 Å². The Bertz CT molecular complexity index is 939. The van der Waals surface area contributed by atoms with Crippen molar-refractivity contribution in [2.75, 3.05) is 39.4 Å². The zero-order chi connectivity index (χ0) is 23.3. The van der Waals surface area contributed by atoms with Crippen molar-refractivity contribution in [1.82, 2.24) is 9.80 Å². The molecule has 6 heteroatoms. The van der Waals surface area contributed by atoms with E-state index in [1.54, 1.807) is 21.9 Å². The average molecular weight is 439 g/mol. The highest BCUT2D eigenvalue weighted by molar-refractivity contribution is 5.94.